The molecule has 0 aliphatic rings. The van der Waals surface area contributed by atoms with Gasteiger partial charge in [-0.15, -0.1) is 11.3 Å². The molecule has 14 heavy (non-hydrogen) atoms. The van der Waals surface area contributed by atoms with Crippen molar-refractivity contribution in [2.24, 2.45) is 10.8 Å². The first-order valence-corrected chi connectivity index (χ1v) is 5.34. The van der Waals surface area contributed by atoms with Crippen LogP contribution in [-0.4, -0.2) is 15.8 Å². The molecule has 0 atom stereocenters. The molecule has 0 spiro atoms. The van der Waals surface area contributed by atoms with Gasteiger partial charge in [0.25, 0.3) is 0 Å². The Kier molecular flexibility index (Phi) is 3.79. The van der Waals surface area contributed by atoms with Crippen LogP contribution in [0.15, 0.2) is 5.10 Å². The molecule has 1 rings (SSSR count). The first kappa shape index (κ1) is 11.4. The predicted octanol–water partition coefficient (Wildman–Crippen LogP) is 1.66. The van der Waals surface area contributed by atoms with Gasteiger partial charge in [0, 0.05) is 0 Å². The Hall–Kier alpha value is -0.720. The average molecular weight is 249 g/mol. The summed E-state index contributed by atoms with van der Waals surface area (Å²) in [5.41, 5.74) is 9.37. The molecule has 0 fully saturated rings. The molecule has 0 aromatic carbocycles. The Bertz CT molecular complexity index is 385. The zero-order valence-electron chi connectivity index (χ0n) is 7.67. The van der Waals surface area contributed by atoms with Gasteiger partial charge in [0.2, 0.25) is 0 Å². The molecule has 1 heterocycles. The molecule has 4 nitrogen and oxygen atoms in total. The summed E-state index contributed by atoms with van der Waals surface area (Å²) >= 11 is 11.8. The number of thiazole rings is 1. The summed E-state index contributed by atoms with van der Waals surface area (Å²) < 4.78 is 0.502. The van der Waals surface area contributed by atoms with E-state index in [0.717, 1.165) is 16.3 Å². The maximum absolute atomic E-state index is 5.75. The number of halogens is 1. The molecule has 0 saturated heterocycles. The van der Waals surface area contributed by atoms with Gasteiger partial charge in [-0.1, -0.05) is 11.6 Å². The highest BCUT2D eigenvalue weighted by atomic mass is 35.5. The van der Waals surface area contributed by atoms with Crippen molar-refractivity contribution in [2.75, 3.05) is 0 Å². The van der Waals surface area contributed by atoms with E-state index in [1.165, 1.54) is 11.3 Å². The number of nitrogens with one attached hydrogen (secondary N) is 1. The van der Waals surface area contributed by atoms with Crippen LogP contribution in [0.3, 0.4) is 0 Å². The fraction of sp³-hybridized carbons (Fsp3) is 0.286. The molecule has 0 radical (unpaired) electrons. The average Bonchev–Trinajstić information content (AvgIpc) is 2.41. The highest BCUT2D eigenvalue weighted by Crippen LogP contribution is 2.22. The highest BCUT2D eigenvalue weighted by Gasteiger charge is 2.08. The summed E-state index contributed by atoms with van der Waals surface area (Å²) in [5.74, 6) is 0. The second-order valence-corrected chi connectivity index (χ2v) is 4.58. The van der Waals surface area contributed by atoms with E-state index in [-0.39, 0.29) is 5.11 Å². The quantitative estimate of drug-likeness (QED) is 0.475. The van der Waals surface area contributed by atoms with Crippen LogP contribution >= 0.6 is 35.2 Å². The van der Waals surface area contributed by atoms with Crippen LogP contribution in [0.5, 0.6) is 0 Å². The van der Waals surface area contributed by atoms with Crippen LogP contribution in [-0.2, 0) is 0 Å². The molecular formula is C7H9ClN4S2. The number of hydrogen-bond donors (Lipinski definition) is 2. The number of aromatic nitrogens is 1. The van der Waals surface area contributed by atoms with Crippen LogP contribution in [0.4, 0.5) is 0 Å². The fourth-order valence-corrected chi connectivity index (χ4v) is 2.03. The smallest absolute Gasteiger partial charge is 0.184 e. The van der Waals surface area contributed by atoms with E-state index in [4.69, 9.17) is 17.3 Å². The maximum atomic E-state index is 5.75. The summed E-state index contributed by atoms with van der Waals surface area (Å²) in [5, 5.41) is 4.12. The second kappa shape index (κ2) is 4.68. The minimum atomic E-state index is 0.137. The molecular weight excluding hydrogens is 240 g/mol. The molecule has 0 amide bonds. The topological polar surface area (TPSA) is 63.3 Å². The van der Waals surface area contributed by atoms with E-state index < -0.39 is 0 Å². The third-order valence-electron chi connectivity index (χ3n) is 1.43. The van der Waals surface area contributed by atoms with Gasteiger partial charge in [-0.05, 0) is 26.1 Å². The van der Waals surface area contributed by atoms with E-state index in [0.29, 0.717) is 4.47 Å². The summed E-state index contributed by atoms with van der Waals surface area (Å²) in [7, 11) is 0. The lowest BCUT2D eigenvalue weighted by Gasteiger charge is -1.98. The lowest BCUT2D eigenvalue weighted by atomic mass is 10.3. The van der Waals surface area contributed by atoms with Crippen LogP contribution < -0.4 is 11.2 Å². The van der Waals surface area contributed by atoms with Gasteiger partial charge in [0.15, 0.2) is 9.58 Å². The van der Waals surface area contributed by atoms with Crippen molar-refractivity contribution >= 4 is 46.0 Å². The molecule has 0 bridgehead atoms. The zero-order valence-corrected chi connectivity index (χ0v) is 10.1. The maximum Gasteiger partial charge on any atom is 0.184 e. The summed E-state index contributed by atoms with van der Waals surface area (Å²) in [6.45, 7) is 3.71. The molecule has 0 unspecified atom stereocenters. The number of aryl methyl sites for hydroxylation is 1. The Labute approximate surface area is 96.2 Å². The van der Waals surface area contributed by atoms with Gasteiger partial charge in [-0.2, -0.15) is 5.10 Å². The SMILES string of the molecule is C/C(=N\NC(N)=S)c1sc(Cl)nc1C. The molecule has 7 heteroatoms. The number of rotatable bonds is 2. The van der Waals surface area contributed by atoms with Crippen molar-refractivity contribution in [1.82, 2.24) is 10.4 Å². The summed E-state index contributed by atoms with van der Waals surface area (Å²) in [4.78, 5) is 5.00. The van der Waals surface area contributed by atoms with Gasteiger partial charge in [0.1, 0.15) is 0 Å². The Morgan fingerprint density at radius 3 is 2.79 bits per heavy atom. The number of nitrogens with two attached hydrogens (primary N) is 1. The summed E-state index contributed by atoms with van der Waals surface area (Å²) in [6.07, 6.45) is 0. The van der Waals surface area contributed by atoms with Crippen LogP contribution in [0, 0.1) is 6.92 Å². The van der Waals surface area contributed by atoms with Crippen molar-refractivity contribution in [1.29, 1.82) is 0 Å². The molecule has 3 N–H and O–H groups in total. The first-order chi connectivity index (χ1) is 6.50. The lowest BCUT2D eigenvalue weighted by molar-refractivity contribution is 1.03. The van der Waals surface area contributed by atoms with Crippen molar-refractivity contribution in [3.8, 4) is 0 Å². The van der Waals surface area contributed by atoms with E-state index in [1.807, 2.05) is 13.8 Å². The van der Waals surface area contributed by atoms with Gasteiger partial charge in [0.05, 0.1) is 16.3 Å². The Morgan fingerprint density at radius 1 is 1.71 bits per heavy atom. The lowest BCUT2D eigenvalue weighted by Crippen LogP contribution is -2.25. The van der Waals surface area contributed by atoms with Crippen molar-refractivity contribution < 1.29 is 0 Å². The van der Waals surface area contributed by atoms with Gasteiger partial charge in [-0.25, -0.2) is 4.98 Å². The normalized spacial score (nSPS) is 11.5. The number of nitrogens with zero attached hydrogens (tertiary/aromatic N) is 2. The van der Waals surface area contributed by atoms with E-state index in [9.17, 15) is 0 Å². The third-order valence-corrected chi connectivity index (χ3v) is 2.89. The second-order valence-electron chi connectivity index (χ2n) is 2.55. The molecule has 0 aliphatic carbocycles. The minimum absolute atomic E-state index is 0.137. The fourth-order valence-electron chi connectivity index (χ4n) is 0.889. The predicted molar refractivity (Wildman–Crippen MR) is 64.0 cm³/mol. The molecule has 76 valence electrons. The van der Waals surface area contributed by atoms with E-state index >= 15 is 0 Å². The van der Waals surface area contributed by atoms with E-state index in [1.54, 1.807) is 0 Å². The molecule has 0 saturated carbocycles. The largest absolute Gasteiger partial charge is 0.375 e. The van der Waals surface area contributed by atoms with E-state index in [2.05, 4.69) is 27.7 Å². The van der Waals surface area contributed by atoms with Gasteiger partial charge in [-0.3, -0.25) is 5.43 Å². The molecule has 1 aromatic heterocycles. The van der Waals surface area contributed by atoms with Crippen LogP contribution in [0.1, 0.15) is 17.5 Å². The van der Waals surface area contributed by atoms with Gasteiger partial charge >= 0.3 is 0 Å². The van der Waals surface area contributed by atoms with Crippen LogP contribution in [0.25, 0.3) is 0 Å². The summed E-state index contributed by atoms with van der Waals surface area (Å²) in [6, 6.07) is 0. The standard InChI is InChI=1S/C7H9ClN4S2/c1-3-5(14-6(8)10-3)4(2)11-12-7(9)13/h1-2H3,(H3,9,12,13)/b11-4+. The number of hydrazone groups is 1. The highest BCUT2D eigenvalue weighted by molar-refractivity contribution is 7.80. The van der Waals surface area contributed by atoms with Crippen molar-refractivity contribution in [3.05, 3.63) is 15.0 Å². The first-order valence-electron chi connectivity index (χ1n) is 3.73. The van der Waals surface area contributed by atoms with Crippen molar-refractivity contribution in [2.45, 2.75) is 13.8 Å². The Balaban J connectivity index is 2.88. The number of thiocarbonyl (C=S) groups is 1. The van der Waals surface area contributed by atoms with Gasteiger partial charge < -0.3 is 5.73 Å². The minimum Gasteiger partial charge on any atom is -0.375 e. The van der Waals surface area contributed by atoms with Crippen LogP contribution in [0.2, 0.25) is 4.47 Å². The zero-order chi connectivity index (χ0) is 10.7. The Morgan fingerprint density at radius 2 is 2.36 bits per heavy atom. The molecule has 0 aliphatic heterocycles. The number of hydrogen-bond acceptors (Lipinski definition) is 4. The third kappa shape index (κ3) is 2.90. The monoisotopic (exact) mass is 248 g/mol. The molecule has 1 aromatic rings. The van der Waals surface area contributed by atoms with Crippen molar-refractivity contribution in [3.63, 3.8) is 0 Å².